The van der Waals surface area contributed by atoms with Crippen molar-refractivity contribution in [2.45, 2.75) is 6.92 Å². The highest BCUT2D eigenvalue weighted by molar-refractivity contribution is 5.88. The Balaban J connectivity index is 2.52. The van der Waals surface area contributed by atoms with Gasteiger partial charge in [0.1, 0.15) is 11.6 Å². The van der Waals surface area contributed by atoms with Gasteiger partial charge in [-0.25, -0.2) is 0 Å². The average molecular weight is 253 g/mol. The van der Waals surface area contributed by atoms with Crippen LogP contribution in [0.3, 0.4) is 0 Å². The molecule has 1 aromatic heterocycles. The van der Waals surface area contributed by atoms with Gasteiger partial charge in [-0.15, -0.1) is 0 Å². The van der Waals surface area contributed by atoms with E-state index < -0.39 is 5.56 Å². The minimum Gasteiger partial charge on any atom is -0.354 e. The van der Waals surface area contributed by atoms with E-state index in [1.165, 1.54) is 6.20 Å². The molecular weight excluding hydrogens is 242 g/mol. The minimum atomic E-state index is -0.525. The number of benzene rings is 1. The third-order valence-corrected chi connectivity index (χ3v) is 2.68. The number of anilines is 2. The van der Waals surface area contributed by atoms with Crippen molar-refractivity contribution in [3.8, 4) is 6.07 Å². The molecule has 2 rings (SSSR count). The number of aromatic nitrogens is 1. The van der Waals surface area contributed by atoms with Crippen LogP contribution in [0, 0.1) is 18.3 Å². The van der Waals surface area contributed by atoms with E-state index in [1.807, 2.05) is 31.2 Å². The summed E-state index contributed by atoms with van der Waals surface area (Å²) in [6, 6.07) is 9.21. The maximum atomic E-state index is 11.5. The molecule has 5 heteroatoms. The minimum absolute atomic E-state index is 0.106. The summed E-state index contributed by atoms with van der Waals surface area (Å²) in [5, 5.41) is 12.0. The van der Waals surface area contributed by atoms with Gasteiger partial charge in [-0.2, -0.15) is 5.26 Å². The lowest BCUT2D eigenvalue weighted by molar-refractivity contribution is 0.112. The SMILES string of the molecule is Cc1ccc(Nc2c(C=O)c[nH]c(=O)c2C#N)cc1. The monoisotopic (exact) mass is 253 g/mol. The molecule has 1 aromatic carbocycles. The molecule has 0 unspecified atom stereocenters. The first-order valence-electron chi connectivity index (χ1n) is 5.60. The third-order valence-electron chi connectivity index (χ3n) is 2.68. The van der Waals surface area contributed by atoms with E-state index in [2.05, 4.69) is 10.3 Å². The fourth-order valence-electron chi connectivity index (χ4n) is 1.66. The Hall–Kier alpha value is -2.87. The van der Waals surface area contributed by atoms with Crippen LogP contribution in [-0.4, -0.2) is 11.3 Å². The van der Waals surface area contributed by atoms with Crippen LogP contribution in [0.1, 0.15) is 21.5 Å². The van der Waals surface area contributed by atoms with Crippen molar-refractivity contribution in [1.29, 1.82) is 5.26 Å². The average Bonchev–Trinajstić information content (AvgIpc) is 2.42. The number of nitriles is 1. The molecule has 2 aromatic rings. The number of carbonyl (C=O) groups is 1. The number of hydrogen-bond acceptors (Lipinski definition) is 4. The molecule has 1 heterocycles. The Morgan fingerprint density at radius 1 is 1.32 bits per heavy atom. The quantitative estimate of drug-likeness (QED) is 0.820. The van der Waals surface area contributed by atoms with E-state index in [0.29, 0.717) is 12.0 Å². The molecule has 0 aliphatic carbocycles. The maximum Gasteiger partial charge on any atom is 0.268 e. The summed E-state index contributed by atoms with van der Waals surface area (Å²) >= 11 is 0. The zero-order valence-electron chi connectivity index (χ0n) is 10.2. The van der Waals surface area contributed by atoms with Crippen molar-refractivity contribution < 1.29 is 4.79 Å². The molecule has 0 atom stereocenters. The van der Waals surface area contributed by atoms with Gasteiger partial charge in [-0.05, 0) is 19.1 Å². The van der Waals surface area contributed by atoms with Gasteiger partial charge in [0.2, 0.25) is 0 Å². The molecule has 0 spiro atoms. The first kappa shape index (κ1) is 12.6. The van der Waals surface area contributed by atoms with Crippen molar-refractivity contribution in [2.75, 3.05) is 5.32 Å². The summed E-state index contributed by atoms with van der Waals surface area (Å²) in [5.74, 6) is 0. The second-order valence-electron chi connectivity index (χ2n) is 4.04. The number of aromatic amines is 1. The van der Waals surface area contributed by atoms with Gasteiger partial charge in [-0.3, -0.25) is 9.59 Å². The molecule has 0 bridgehead atoms. The standard InChI is InChI=1S/C14H11N3O2/c1-9-2-4-11(5-3-9)17-13-10(8-18)7-16-14(19)12(13)6-15/h2-5,7-8H,1H3,(H2,16,17,19). The fourth-order valence-corrected chi connectivity index (χ4v) is 1.66. The van der Waals surface area contributed by atoms with Crippen molar-refractivity contribution >= 4 is 17.7 Å². The molecular formula is C14H11N3O2. The number of aldehydes is 1. The highest BCUT2D eigenvalue weighted by Gasteiger charge is 2.12. The predicted octanol–water partition coefficient (Wildman–Crippen LogP) is 2.11. The Labute approximate surface area is 109 Å². The number of carbonyl (C=O) groups excluding carboxylic acids is 1. The second kappa shape index (κ2) is 5.19. The van der Waals surface area contributed by atoms with Gasteiger partial charge in [-0.1, -0.05) is 17.7 Å². The molecule has 94 valence electrons. The molecule has 0 fully saturated rings. The van der Waals surface area contributed by atoms with Crippen LogP contribution in [-0.2, 0) is 0 Å². The molecule has 0 aliphatic heterocycles. The highest BCUT2D eigenvalue weighted by Crippen LogP contribution is 2.21. The van der Waals surface area contributed by atoms with Crippen LogP contribution in [0.2, 0.25) is 0 Å². The van der Waals surface area contributed by atoms with E-state index in [4.69, 9.17) is 5.26 Å². The summed E-state index contributed by atoms with van der Waals surface area (Å²) in [6.45, 7) is 1.95. The molecule has 0 aliphatic rings. The number of rotatable bonds is 3. The molecule has 0 saturated heterocycles. The summed E-state index contributed by atoms with van der Waals surface area (Å²) in [7, 11) is 0. The number of nitrogens with one attached hydrogen (secondary N) is 2. The Bertz CT molecular complexity index is 709. The summed E-state index contributed by atoms with van der Waals surface area (Å²) in [6.07, 6.45) is 1.88. The smallest absolute Gasteiger partial charge is 0.268 e. The van der Waals surface area contributed by atoms with E-state index in [-0.39, 0.29) is 16.8 Å². The molecule has 5 nitrogen and oxygen atoms in total. The Morgan fingerprint density at radius 3 is 2.58 bits per heavy atom. The lowest BCUT2D eigenvalue weighted by Crippen LogP contribution is -2.14. The van der Waals surface area contributed by atoms with E-state index >= 15 is 0 Å². The lowest BCUT2D eigenvalue weighted by atomic mass is 10.1. The number of pyridine rings is 1. The summed E-state index contributed by atoms with van der Waals surface area (Å²) < 4.78 is 0. The number of nitrogens with zero attached hydrogens (tertiary/aromatic N) is 1. The molecule has 0 saturated carbocycles. The molecule has 19 heavy (non-hydrogen) atoms. The normalized spacial score (nSPS) is 9.68. The maximum absolute atomic E-state index is 11.5. The van der Waals surface area contributed by atoms with Crippen LogP contribution in [0.25, 0.3) is 0 Å². The van der Waals surface area contributed by atoms with Crippen LogP contribution in [0.4, 0.5) is 11.4 Å². The lowest BCUT2D eigenvalue weighted by Gasteiger charge is -2.10. The number of H-pyrrole nitrogens is 1. The van der Waals surface area contributed by atoms with E-state index in [1.54, 1.807) is 6.07 Å². The van der Waals surface area contributed by atoms with Gasteiger partial charge in [0.15, 0.2) is 6.29 Å². The van der Waals surface area contributed by atoms with Crippen LogP contribution < -0.4 is 10.9 Å². The van der Waals surface area contributed by atoms with Crippen LogP contribution >= 0.6 is 0 Å². The second-order valence-corrected chi connectivity index (χ2v) is 4.04. The van der Waals surface area contributed by atoms with Gasteiger partial charge < -0.3 is 10.3 Å². The number of hydrogen-bond donors (Lipinski definition) is 2. The summed E-state index contributed by atoms with van der Waals surface area (Å²) in [5.41, 5.74) is 1.62. The molecule has 0 amide bonds. The Kier molecular flexibility index (Phi) is 3.44. The van der Waals surface area contributed by atoms with Crippen molar-refractivity contribution in [3.05, 3.63) is 57.5 Å². The van der Waals surface area contributed by atoms with Crippen LogP contribution in [0.15, 0.2) is 35.3 Å². The topological polar surface area (TPSA) is 85.8 Å². The fraction of sp³-hybridized carbons (Fsp3) is 0.0714. The van der Waals surface area contributed by atoms with Crippen LogP contribution in [0.5, 0.6) is 0 Å². The first-order chi connectivity index (χ1) is 9.15. The van der Waals surface area contributed by atoms with Crippen molar-refractivity contribution in [3.63, 3.8) is 0 Å². The molecule has 2 N–H and O–H groups in total. The van der Waals surface area contributed by atoms with Crippen molar-refractivity contribution in [2.24, 2.45) is 0 Å². The zero-order valence-corrected chi connectivity index (χ0v) is 10.2. The van der Waals surface area contributed by atoms with Gasteiger partial charge >= 0.3 is 0 Å². The first-order valence-corrected chi connectivity index (χ1v) is 5.60. The third kappa shape index (κ3) is 2.53. The largest absolute Gasteiger partial charge is 0.354 e. The van der Waals surface area contributed by atoms with Gasteiger partial charge in [0.25, 0.3) is 5.56 Å². The zero-order chi connectivity index (χ0) is 13.8. The Morgan fingerprint density at radius 2 is 2.00 bits per heavy atom. The van der Waals surface area contributed by atoms with Gasteiger partial charge in [0, 0.05) is 11.9 Å². The predicted molar refractivity (Wildman–Crippen MR) is 71.6 cm³/mol. The number of aryl methyl sites for hydroxylation is 1. The van der Waals surface area contributed by atoms with Crippen molar-refractivity contribution in [1.82, 2.24) is 4.98 Å². The van der Waals surface area contributed by atoms with E-state index in [9.17, 15) is 9.59 Å². The molecule has 0 radical (unpaired) electrons. The highest BCUT2D eigenvalue weighted by atomic mass is 16.1. The van der Waals surface area contributed by atoms with E-state index in [0.717, 1.165) is 5.56 Å². The summed E-state index contributed by atoms with van der Waals surface area (Å²) in [4.78, 5) is 24.9. The van der Waals surface area contributed by atoms with Gasteiger partial charge in [0.05, 0.1) is 11.3 Å².